The minimum absolute atomic E-state index is 0.138. The summed E-state index contributed by atoms with van der Waals surface area (Å²) in [4.78, 5) is 12.5. The molecule has 0 radical (unpaired) electrons. The molecule has 7 nitrogen and oxygen atoms in total. The van der Waals surface area contributed by atoms with Crippen LogP contribution in [-0.4, -0.2) is 25.5 Å². The van der Waals surface area contributed by atoms with Gasteiger partial charge in [0.2, 0.25) is 5.91 Å². The van der Waals surface area contributed by atoms with E-state index in [1.807, 2.05) is 12.1 Å². The number of halogens is 4. The highest BCUT2D eigenvalue weighted by Gasteiger charge is 2.39. The summed E-state index contributed by atoms with van der Waals surface area (Å²) in [6, 6.07) is 7.31. The molecule has 1 amide bonds. The lowest BCUT2D eigenvalue weighted by molar-refractivity contribution is -0.142. The van der Waals surface area contributed by atoms with Gasteiger partial charge in [-0.25, -0.2) is 4.68 Å². The van der Waals surface area contributed by atoms with Crippen molar-refractivity contribution in [1.82, 2.24) is 19.6 Å². The molecular weight excluding hydrogens is 491 g/mol. The number of hydrogen-bond donors (Lipinski definition) is 1. The number of ether oxygens (including phenoxy) is 1. The largest absolute Gasteiger partial charge is 0.471 e. The van der Waals surface area contributed by atoms with Gasteiger partial charge in [0.15, 0.2) is 12.4 Å². The van der Waals surface area contributed by atoms with Crippen LogP contribution in [0.1, 0.15) is 36.2 Å². The van der Waals surface area contributed by atoms with Crippen molar-refractivity contribution in [1.29, 1.82) is 0 Å². The van der Waals surface area contributed by atoms with Gasteiger partial charge in [-0.1, -0.05) is 22.4 Å². The number of carbonyl (C=O) groups is 1. The molecule has 0 bridgehead atoms. The molecule has 1 aliphatic carbocycles. The van der Waals surface area contributed by atoms with Crippen LogP contribution in [0.4, 0.5) is 18.9 Å². The van der Waals surface area contributed by atoms with Gasteiger partial charge in [-0.2, -0.15) is 23.4 Å². The average molecular weight is 512 g/mol. The van der Waals surface area contributed by atoms with Gasteiger partial charge in [0.05, 0.1) is 18.1 Å². The van der Waals surface area contributed by atoms with Crippen LogP contribution >= 0.6 is 15.9 Å². The molecule has 32 heavy (non-hydrogen) atoms. The summed E-state index contributed by atoms with van der Waals surface area (Å²) in [6.07, 6.45) is 1.65. The molecule has 0 aliphatic heterocycles. The molecule has 0 fully saturated rings. The Morgan fingerprint density at radius 1 is 1.16 bits per heavy atom. The minimum atomic E-state index is -4.54. The predicted octanol–water partition coefficient (Wildman–Crippen LogP) is 4.81. The highest BCUT2D eigenvalue weighted by molar-refractivity contribution is 9.10. The van der Waals surface area contributed by atoms with Crippen molar-refractivity contribution in [2.45, 2.75) is 51.6 Å². The first-order valence-corrected chi connectivity index (χ1v) is 11.0. The molecule has 2 aromatic heterocycles. The number of fused-ring (bicyclic) bond motifs is 1. The summed E-state index contributed by atoms with van der Waals surface area (Å²) < 4.78 is 49.5. The Labute approximate surface area is 190 Å². The second-order valence-corrected chi connectivity index (χ2v) is 8.45. The van der Waals surface area contributed by atoms with Gasteiger partial charge in [0.1, 0.15) is 12.3 Å². The lowest BCUT2D eigenvalue weighted by Crippen LogP contribution is -2.21. The van der Waals surface area contributed by atoms with Gasteiger partial charge in [-0.15, -0.1) is 0 Å². The quantitative estimate of drug-likeness (QED) is 0.482. The van der Waals surface area contributed by atoms with Crippen molar-refractivity contribution in [2.75, 3.05) is 5.32 Å². The number of carbonyl (C=O) groups excluding carboxylic acids is 1. The molecule has 0 spiro atoms. The number of rotatable bonds is 6. The smallest absolute Gasteiger partial charge is 0.435 e. The zero-order valence-electron chi connectivity index (χ0n) is 17.0. The van der Waals surface area contributed by atoms with Crippen LogP contribution in [0.15, 0.2) is 41.1 Å². The van der Waals surface area contributed by atoms with Crippen molar-refractivity contribution >= 4 is 27.5 Å². The van der Waals surface area contributed by atoms with Crippen LogP contribution in [0.5, 0.6) is 5.75 Å². The topological polar surface area (TPSA) is 74.0 Å². The maximum absolute atomic E-state index is 13.4. The van der Waals surface area contributed by atoms with Gasteiger partial charge < -0.3 is 10.1 Å². The first kappa shape index (κ1) is 22.4. The number of alkyl halides is 3. The van der Waals surface area contributed by atoms with E-state index in [9.17, 15) is 18.0 Å². The summed E-state index contributed by atoms with van der Waals surface area (Å²) in [6.45, 7) is -0.155. The molecule has 1 aliphatic rings. The molecule has 0 saturated heterocycles. The van der Waals surface area contributed by atoms with Gasteiger partial charge in [0.25, 0.3) is 0 Å². The summed E-state index contributed by atoms with van der Waals surface area (Å²) >= 11 is 3.35. The summed E-state index contributed by atoms with van der Waals surface area (Å²) in [5.74, 6) is 0.191. The number of nitrogens with zero attached hydrogens (tertiary/aromatic N) is 4. The third-order valence-electron chi connectivity index (χ3n) is 5.16. The summed E-state index contributed by atoms with van der Waals surface area (Å²) in [5.41, 5.74) is 0.271. The lowest BCUT2D eigenvalue weighted by atomic mass is 10.1. The fraction of sp³-hybridized carbons (Fsp3) is 0.381. The fourth-order valence-corrected chi connectivity index (χ4v) is 3.98. The Bertz CT molecular complexity index is 1090. The van der Waals surface area contributed by atoms with Crippen LogP contribution < -0.4 is 10.1 Å². The number of nitrogens with one attached hydrogen (secondary N) is 1. The molecule has 2 heterocycles. The molecule has 11 heteroatoms. The maximum atomic E-state index is 13.4. The highest BCUT2D eigenvalue weighted by atomic mass is 79.9. The van der Waals surface area contributed by atoms with Crippen LogP contribution in [0.2, 0.25) is 0 Å². The SMILES string of the molecule is O=C(Cn1nc(C(F)(F)F)c2c1CCCCC2)Nc1cnn(COc2ccc(Br)cc2)c1. The zero-order chi connectivity index (χ0) is 22.7. The highest BCUT2D eigenvalue weighted by Crippen LogP contribution is 2.35. The van der Waals surface area contributed by atoms with E-state index >= 15 is 0 Å². The van der Waals surface area contributed by atoms with E-state index in [0.717, 1.165) is 17.3 Å². The lowest BCUT2D eigenvalue weighted by Gasteiger charge is -2.08. The van der Waals surface area contributed by atoms with Crippen LogP contribution in [0.25, 0.3) is 0 Å². The summed E-state index contributed by atoms with van der Waals surface area (Å²) in [5, 5.41) is 10.5. The first-order valence-electron chi connectivity index (χ1n) is 10.2. The predicted molar refractivity (Wildman–Crippen MR) is 114 cm³/mol. The van der Waals surface area contributed by atoms with Crippen LogP contribution in [0, 0.1) is 0 Å². The average Bonchev–Trinajstić information content (AvgIpc) is 3.23. The molecule has 3 aromatic rings. The molecule has 1 aromatic carbocycles. The number of aromatic nitrogens is 4. The molecule has 0 saturated carbocycles. The van der Waals surface area contributed by atoms with E-state index in [-0.39, 0.29) is 18.8 Å². The standard InChI is InChI=1S/C21H21BrF3N5O2/c22-14-6-8-16(9-7-14)32-13-29-11-15(10-26-29)27-19(31)12-30-18-5-3-1-2-4-17(18)20(28-30)21(23,24)25/h6-11H,1-5,12-13H2,(H,27,31). The molecule has 0 unspecified atom stereocenters. The van der Waals surface area contributed by atoms with E-state index in [1.54, 1.807) is 18.3 Å². The van der Waals surface area contributed by atoms with E-state index in [1.165, 1.54) is 15.6 Å². The Morgan fingerprint density at radius 2 is 1.91 bits per heavy atom. The van der Waals surface area contributed by atoms with Crippen LogP contribution in [0.3, 0.4) is 0 Å². The maximum Gasteiger partial charge on any atom is 0.435 e. The Hall–Kier alpha value is -2.82. The Balaban J connectivity index is 1.40. The van der Waals surface area contributed by atoms with Gasteiger partial charge in [0, 0.05) is 15.7 Å². The van der Waals surface area contributed by atoms with Crippen molar-refractivity contribution in [3.63, 3.8) is 0 Å². The minimum Gasteiger partial charge on any atom is -0.471 e. The molecular formula is C21H21BrF3N5O2. The second kappa shape index (κ2) is 9.35. The Kier molecular flexibility index (Phi) is 6.54. The number of hydrogen-bond acceptors (Lipinski definition) is 4. The van der Waals surface area contributed by atoms with Crippen molar-refractivity contribution in [2.24, 2.45) is 0 Å². The van der Waals surface area contributed by atoms with Gasteiger partial charge in [-0.3, -0.25) is 9.48 Å². The molecule has 4 rings (SSSR count). The summed E-state index contributed by atoms with van der Waals surface area (Å²) in [7, 11) is 0. The molecule has 1 N–H and O–H groups in total. The number of amides is 1. The zero-order valence-corrected chi connectivity index (χ0v) is 18.6. The van der Waals surface area contributed by atoms with E-state index in [0.29, 0.717) is 36.4 Å². The second-order valence-electron chi connectivity index (χ2n) is 7.53. The van der Waals surface area contributed by atoms with E-state index in [4.69, 9.17) is 4.74 Å². The molecule has 170 valence electrons. The normalized spacial score (nSPS) is 14.0. The first-order chi connectivity index (χ1) is 15.3. The van der Waals surface area contributed by atoms with E-state index < -0.39 is 17.8 Å². The number of benzene rings is 1. The van der Waals surface area contributed by atoms with Crippen molar-refractivity contribution < 1.29 is 22.7 Å². The van der Waals surface area contributed by atoms with Crippen molar-refractivity contribution in [3.05, 3.63) is 58.1 Å². The van der Waals surface area contributed by atoms with Crippen LogP contribution in [-0.2, 0) is 37.1 Å². The van der Waals surface area contributed by atoms with Gasteiger partial charge >= 0.3 is 6.18 Å². The third kappa shape index (κ3) is 5.32. The Morgan fingerprint density at radius 3 is 2.66 bits per heavy atom. The van der Waals surface area contributed by atoms with Gasteiger partial charge in [-0.05, 0) is 49.9 Å². The van der Waals surface area contributed by atoms with E-state index in [2.05, 4.69) is 31.4 Å². The monoisotopic (exact) mass is 511 g/mol. The number of anilines is 1. The van der Waals surface area contributed by atoms with Crippen molar-refractivity contribution in [3.8, 4) is 5.75 Å². The molecule has 0 atom stereocenters. The third-order valence-corrected chi connectivity index (χ3v) is 5.69. The fourth-order valence-electron chi connectivity index (χ4n) is 3.71.